The summed E-state index contributed by atoms with van der Waals surface area (Å²) in [6.45, 7) is 2.32. The van der Waals surface area contributed by atoms with Crippen molar-refractivity contribution in [1.82, 2.24) is 30.2 Å². The Morgan fingerprint density at radius 1 is 1.05 bits per heavy atom. The molecule has 1 fully saturated rings. The molecule has 55 heavy (non-hydrogen) atoms. The monoisotopic (exact) mass is 865 g/mol. The highest BCUT2D eigenvalue weighted by atomic mass is 32.1. The van der Waals surface area contributed by atoms with E-state index in [9.17, 15) is 57.9 Å². The maximum Gasteiger partial charge on any atom is 0.481 e. The van der Waals surface area contributed by atoms with Gasteiger partial charge < -0.3 is 50.9 Å². The van der Waals surface area contributed by atoms with Crippen LogP contribution in [0.15, 0.2) is 12.7 Å². The Balaban J connectivity index is 1.78. The molecule has 7 atom stereocenters. The van der Waals surface area contributed by atoms with Crippen molar-refractivity contribution in [2.45, 2.75) is 83.0 Å². The Kier molecular flexibility index (Phi) is 16.5. The normalized spacial score (nSPS) is 23.2. The number of hydrogen-bond donors (Lipinski definition) is 10. The van der Waals surface area contributed by atoms with E-state index < -0.39 is 83.9 Å². The molecule has 1 aliphatic rings. The third kappa shape index (κ3) is 12.5. The number of nitrogen functional groups attached to an aromatic ring is 1. The number of carbonyl (C=O) groups excluding carboxylic acids is 3. The van der Waals surface area contributed by atoms with Crippen LogP contribution in [0.2, 0.25) is 0 Å². The highest BCUT2D eigenvalue weighted by Gasteiger charge is 2.63. The van der Waals surface area contributed by atoms with Gasteiger partial charge in [-0.25, -0.2) is 28.6 Å². The molecule has 24 nitrogen and oxygen atoms in total. The lowest BCUT2D eigenvalue weighted by Crippen LogP contribution is -2.52. The minimum Gasteiger partial charge on any atom is -0.385 e. The molecule has 1 saturated heterocycles. The molecule has 3 rings (SSSR count). The molecule has 2 unspecified atom stereocenters. The average Bonchev–Trinajstić information content (AvgIpc) is 3.64. The Bertz CT molecular complexity index is 1820. The minimum absolute atomic E-state index is 0.0426. The molecule has 0 radical (unpaired) electrons. The van der Waals surface area contributed by atoms with E-state index >= 15 is 0 Å². The molecule has 2 amide bonds. The third-order valence-electron chi connectivity index (χ3n) is 8.08. The van der Waals surface area contributed by atoms with Gasteiger partial charge in [-0.05, 0) is 6.42 Å². The fourth-order valence-electron chi connectivity index (χ4n) is 5.29. The number of ketones is 1. The number of imidazole rings is 1. The quantitative estimate of drug-likeness (QED) is 0.0387. The van der Waals surface area contributed by atoms with Crippen molar-refractivity contribution in [1.29, 1.82) is 0 Å². The molecular formula is C27H46N7O17P3S. The number of phosphoric acid groups is 3. The number of nitrogens with two attached hydrogens (primary N) is 1. The first kappa shape index (κ1) is 46.9. The molecule has 10 N–H and O–H groups in total. The zero-order valence-electron chi connectivity index (χ0n) is 29.9. The number of nitrogens with one attached hydrogen (secondary N) is 2. The Labute approximate surface area is 319 Å². The van der Waals surface area contributed by atoms with Crippen LogP contribution in [0.3, 0.4) is 0 Å². The van der Waals surface area contributed by atoms with Crippen LogP contribution in [0.5, 0.6) is 0 Å². The molecule has 0 bridgehead atoms. The third-order valence-corrected chi connectivity index (χ3v) is 11.4. The first-order valence-electron chi connectivity index (χ1n) is 16.6. The first-order valence-corrected chi connectivity index (χ1v) is 21.7. The lowest BCUT2D eigenvalue weighted by Gasteiger charge is -2.32. The first-order chi connectivity index (χ1) is 25.5. The van der Waals surface area contributed by atoms with Crippen LogP contribution in [0.25, 0.3) is 11.2 Å². The van der Waals surface area contributed by atoms with Gasteiger partial charge in [-0.3, -0.25) is 32.5 Å². The number of aliphatic hydroxyl groups is 2. The highest BCUT2D eigenvalue weighted by Crippen LogP contribution is 2.61. The van der Waals surface area contributed by atoms with Gasteiger partial charge in [0.25, 0.3) is 0 Å². The summed E-state index contributed by atoms with van der Waals surface area (Å²) in [5.41, 5.74) is 1.47. The van der Waals surface area contributed by atoms with Crippen molar-refractivity contribution >= 4 is 70.7 Å². The SMILES string of the molecule is CCCCCC(=O)[C@@]1(n2cnc3c(N)ncnc32)O[C@H](COP(=O)(O)OP(=O)(O)OCC(C)(C)[C@@H](O)C(=O)NCCC(=O)NCCS)[C@@H](OP(=O)(O)O)[C@H]1O. The van der Waals surface area contributed by atoms with E-state index in [4.69, 9.17) is 24.0 Å². The zero-order valence-corrected chi connectivity index (χ0v) is 33.4. The van der Waals surface area contributed by atoms with E-state index in [1.807, 2.05) is 6.92 Å². The molecule has 2 aromatic rings. The summed E-state index contributed by atoms with van der Waals surface area (Å²) in [6.07, 6.45) is -5.13. The van der Waals surface area contributed by atoms with Crippen LogP contribution >= 0.6 is 36.1 Å². The van der Waals surface area contributed by atoms with Crippen molar-refractivity contribution in [2.75, 3.05) is 37.8 Å². The number of fused-ring (bicyclic) bond motifs is 1. The van der Waals surface area contributed by atoms with Gasteiger partial charge in [-0.1, -0.05) is 33.6 Å². The summed E-state index contributed by atoms with van der Waals surface area (Å²) in [6, 6.07) is 0. The van der Waals surface area contributed by atoms with Crippen LogP contribution in [0.1, 0.15) is 52.9 Å². The smallest absolute Gasteiger partial charge is 0.385 e. The van der Waals surface area contributed by atoms with Gasteiger partial charge in [0.1, 0.15) is 42.6 Å². The summed E-state index contributed by atoms with van der Waals surface area (Å²) in [4.78, 5) is 89.9. The largest absolute Gasteiger partial charge is 0.481 e. The van der Waals surface area contributed by atoms with Gasteiger partial charge in [-0.15, -0.1) is 0 Å². The number of anilines is 1. The van der Waals surface area contributed by atoms with Crippen molar-refractivity contribution in [3.8, 4) is 0 Å². The van der Waals surface area contributed by atoms with E-state index in [-0.39, 0.29) is 48.7 Å². The predicted molar refractivity (Wildman–Crippen MR) is 192 cm³/mol. The molecule has 3 heterocycles. The number of nitrogens with zero attached hydrogens (tertiary/aromatic N) is 4. The van der Waals surface area contributed by atoms with E-state index in [2.05, 4.69) is 42.5 Å². The highest BCUT2D eigenvalue weighted by molar-refractivity contribution is 7.80. The van der Waals surface area contributed by atoms with Crippen LogP contribution in [0.4, 0.5) is 5.82 Å². The van der Waals surface area contributed by atoms with Crippen molar-refractivity contribution in [2.24, 2.45) is 5.41 Å². The molecule has 2 aromatic heterocycles. The molecule has 0 aliphatic carbocycles. The second-order valence-electron chi connectivity index (χ2n) is 12.9. The minimum atomic E-state index is -5.69. The van der Waals surface area contributed by atoms with E-state index in [1.54, 1.807) is 0 Å². The molecule has 28 heteroatoms. The second kappa shape index (κ2) is 19.3. The lowest BCUT2D eigenvalue weighted by molar-refractivity contribution is -0.173. The van der Waals surface area contributed by atoms with Gasteiger partial charge in [-0.2, -0.15) is 16.9 Å². The van der Waals surface area contributed by atoms with E-state index in [0.717, 1.165) is 17.2 Å². The molecule has 0 aromatic carbocycles. The summed E-state index contributed by atoms with van der Waals surface area (Å²) >= 11 is 3.96. The maximum atomic E-state index is 13.9. The van der Waals surface area contributed by atoms with Gasteiger partial charge >= 0.3 is 23.5 Å². The fraction of sp³-hybridized carbons (Fsp3) is 0.704. The Hall–Kier alpha value is -2.44. The van der Waals surface area contributed by atoms with E-state index in [0.29, 0.717) is 25.1 Å². The van der Waals surface area contributed by atoms with Gasteiger partial charge in [0, 0.05) is 37.1 Å². The van der Waals surface area contributed by atoms with Crippen LogP contribution < -0.4 is 16.4 Å². The Morgan fingerprint density at radius 3 is 2.36 bits per heavy atom. The number of carbonyl (C=O) groups is 3. The molecule has 0 spiro atoms. The number of rotatable bonds is 23. The van der Waals surface area contributed by atoms with Crippen molar-refractivity contribution in [3.63, 3.8) is 0 Å². The molecule has 0 saturated carbocycles. The molecule has 1 aliphatic heterocycles. The van der Waals surface area contributed by atoms with Gasteiger partial charge in [0.05, 0.1) is 13.2 Å². The number of Topliss-reactive ketones (excluding diaryl/α,β-unsaturated/α-hetero) is 1. The number of aliphatic hydroxyl groups excluding tert-OH is 2. The number of hydrogen-bond acceptors (Lipinski definition) is 18. The van der Waals surface area contributed by atoms with Crippen molar-refractivity contribution < 1.29 is 80.5 Å². The summed E-state index contributed by atoms with van der Waals surface area (Å²) < 4.78 is 63.2. The van der Waals surface area contributed by atoms with Crippen LogP contribution in [-0.2, 0) is 56.4 Å². The standard InChI is InChI=1S/C27H46N7O17P3S/c1-4-5-6-7-17(35)27(34-15-33-19-23(28)31-14-32-24(19)34)21(37)20(50-52(40,41)42)16(49-27)12-47-53(43,44)51-54(45,46)48-13-26(2,3)22(38)25(39)30-9-8-18(36)29-10-11-55/h14-16,20-22,37-38,55H,4-13H2,1-3H3,(H,29,36)(H,30,39)(H,43,44)(H,45,46)(H2,28,31,32)(H2,40,41,42)/t16-,20-,21-,22+,27-/m1/s1. The number of unbranched alkanes of at least 4 members (excludes halogenated alkanes) is 2. The molecule has 312 valence electrons. The number of aromatic nitrogens is 4. The van der Waals surface area contributed by atoms with E-state index in [1.165, 1.54) is 13.8 Å². The van der Waals surface area contributed by atoms with Gasteiger partial charge in [0.15, 0.2) is 17.2 Å². The number of ether oxygens (including phenoxy) is 1. The van der Waals surface area contributed by atoms with Crippen LogP contribution in [0, 0.1) is 5.41 Å². The fourth-order valence-corrected chi connectivity index (χ4v) is 8.22. The summed E-state index contributed by atoms with van der Waals surface area (Å²) in [5, 5.41) is 26.9. The zero-order chi connectivity index (χ0) is 41.4. The predicted octanol–water partition coefficient (Wildman–Crippen LogP) is -0.362. The lowest BCUT2D eigenvalue weighted by atomic mass is 9.87. The second-order valence-corrected chi connectivity index (χ2v) is 17.6. The molecular weight excluding hydrogens is 819 g/mol. The Morgan fingerprint density at radius 2 is 1.73 bits per heavy atom. The number of amides is 2. The number of phosphoric ester groups is 3. The maximum absolute atomic E-state index is 13.9. The van der Waals surface area contributed by atoms with Crippen LogP contribution in [-0.4, -0.2) is 123 Å². The topological polar surface area (TPSA) is 364 Å². The van der Waals surface area contributed by atoms with Crippen molar-refractivity contribution in [3.05, 3.63) is 12.7 Å². The van der Waals surface area contributed by atoms with Gasteiger partial charge in [0.2, 0.25) is 17.5 Å². The average molecular weight is 866 g/mol. The number of thiol groups is 1. The summed E-state index contributed by atoms with van der Waals surface area (Å²) in [5.74, 6) is -1.94. The summed E-state index contributed by atoms with van der Waals surface area (Å²) in [7, 11) is -16.7.